The third-order valence-corrected chi connectivity index (χ3v) is 3.43. The van der Waals surface area contributed by atoms with E-state index in [1.54, 1.807) is 12.1 Å². The highest BCUT2D eigenvalue weighted by Gasteiger charge is 2.17. The van der Waals surface area contributed by atoms with Crippen molar-refractivity contribution >= 4 is 21.6 Å². The summed E-state index contributed by atoms with van der Waals surface area (Å²) >= 11 is 6.05. The zero-order chi connectivity index (χ0) is 12.6. The van der Waals surface area contributed by atoms with Gasteiger partial charge >= 0.3 is 0 Å². The monoisotopic (exact) mass is 271 g/mol. The molecule has 0 spiro atoms. The van der Waals surface area contributed by atoms with Gasteiger partial charge in [0.25, 0.3) is 10.0 Å². The summed E-state index contributed by atoms with van der Waals surface area (Å²) in [5.41, 5.74) is 1.45. The molecule has 2 aromatic rings. The first kappa shape index (κ1) is 12.1. The molecule has 7 heteroatoms. The number of hydrogen-bond donors (Lipinski definition) is 1. The van der Waals surface area contributed by atoms with E-state index in [1.807, 2.05) is 13.0 Å². The number of rotatable bonds is 2. The molecule has 2 rings (SSSR count). The lowest BCUT2D eigenvalue weighted by atomic mass is 10.2. The number of aryl methyl sites for hydroxylation is 1. The fraction of sp³-hybridized carbons (Fsp3) is 0.100. The van der Waals surface area contributed by atoms with E-state index < -0.39 is 10.0 Å². The van der Waals surface area contributed by atoms with Gasteiger partial charge in [0.15, 0.2) is 5.03 Å². The van der Waals surface area contributed by atoms with Crippen molar-refractivity contribution in [3.8, 4) is 5.69 Å². The molecule has 0 amide bonds. The summed E-state index contributed by atoms with van der Waals surface area (Å²) in [5, 5.41) is 9.33. The van der Waals surface area contributed by atoms with Gasteiger partial charge in [0.1, 0.15) is 0 Å². The Hall–Kier alpha value is -1.37. The first-order chi connectivity index (χ1) is 7.89. The molecule has 1 heterocycles. The van der Waals surface area contributed by atoms with Crippen molar-refractivity contribution in [3.63, 3.8) is 0 Å². The fourth-order valence-corrected chi connectivity index (χ4v) is 2.42. The summed E-state index contributed by atoms with van der Waals surface area (Å²) in [7, 11) is -3.82. The van der Waals surface area contributed by atoms with Crippen molar-refractivity contribution in [1.29, 1.82) is 0 Å². The molecule has 0 aliphatic carbocycles. The van der Waals surface area contributed by atoms with Crippen LogP contribution in [0, 0.1) is 6.92 Å². The number of benzene rings is 1. The summed E-state index contributed by atoms with van der Waals surface area (Å²) in [6.07, 6.45) is 1.36. The largest absolute Gasteiger partial charge is 0.255 e. The molecule has 0 saturated carbocycles. The summed E-state index contributed by atoms with van der Waals surface area (Å²) in [6, 6.07) is 6.56. The van der Waals surface area contributed by atoms with E-state index in [1.165, 1.54) is 16.9 Å². The maximum Gasteiger partial charge on any atom is 0.255 e. The molecule has 0 fully saturated rings. The topological polar surface area (TPSA) is 78.0 Å². The van der Waals surface area contributed by atoms with Gasteiger partial charge in [0.2, 0.25) is 0 Å². The lowest BCUT2D eigenvalue weighted by Crippen LogP contribution is -2.17. The zero-order valence-corrected chi connectivity index (χ0v) is 10.5. The van der Waals surface area contributed by atoms with Gasteiger partial charge in [-0.1, -0.05) is 17.7 Å². The average molecular weight is 272 g/mol. The van der Waals surface area contributed by atoms with Crippen LogP contribution in [0.2, 0.25) is 5.02 Å². The van der Waals surface area contributed by atoms with Crippen molar-refractivity contribution in [1.82, 2.24) is 9.78 Å². The number of nitrogens with two attached hydrogens (primary N) is 1. The maximum absolute atomic E-state index is 11.3. The molecule has 1 aromatic carbocycles. The second kappa shape index (κ2) is 4.14. The van der Waals surface area contributed by atoms with E-state index in [0.29, 0.717) is 10.7 Å². The molecule has 17 heavy (non-hydrogen) atoms. The average Bonchev–Trinajstić information content (AvgIpc) is 2.65. The van der Waals surface area contributed by atoms with Crippen molar-refractivity contribution in [2.75, 3.05) is 0 Å². The Morgan fingerprint density at radius 2 is 2.06 bits per heavy atom. The van der Waals surface area contributed by atoms with Crippen LogP contribution in [0.3, 0.4) is 0 Å². The van der Waals surface area contributed by atoms with Gasteiger partial charge in [-0.2, -0.15) is 5.10 Å². The fourth-order valence-electron chi connectivity index (χ4n) is 1.47. The molecule has 2 N–H and O–H groups in total. The molecule has 1 aromatic heterocycles. The van der Waals surface area contributed by atoms with E-state index >= 15 is 0 Å². The highest BCUT2D eigenvalue weighted by atomic mass is 35.5. The van der Waals surface area contributed by atoms with Gasteiger partial charge in [-0.3, -0.25) is 0 Å². The zero-order valence-electron chi connectivity index (χ0n) is 8.96. The van der Waals surface area contributed by atoms with Gasteiger partial charge in [-0.15, -0.1) is 0 Å². The molecule has 90 valence electrons. The Morgan fingerprint density at radius 3 is 2.65 bits per heavy atom. The molecule has 5 nitrogen and oxygen atoms in total. The van der Waals surface area contributed by atoms with Crippen LogP contribution in [0.15, 0.2) is 35.5 Å². The maximum atomic E-state index is 11.3. The van der Waals surface area contributed by atoms with Crippen LogP contribution >= 0.6 is 11.6 Å². The van der Waals surface area contributed by atoms with Crippen LogP contribution in [0.25, 0.3) is 5.69 Å². The normalized spacial score (nSPS) is 11.7. The van der Waals surface area contributed by atoms with E-state index in [9.17, 15) is 8.42 Å². The summed E-state index contributed by atoms with van der Waals surface area (Å²) in [4.78, 5) is 0. The molecule has 0 bridgehead atoms. The van der Waals surface area contributed by atoms with Crippen LogP contribution in [-0.4, -0.2) is 18.2 Å². The van der Waals surface area contributed by atoms with Crippen molar-refractivity contribution < 1.29 is 8.42 Å². The van der Waals surface area contributed by atoms with Crippen LogP contribution in [0.4, 0.5) is 0 Å². The molecule has 0 aliphatic heterocycles. The van der Waals surface area contributed by atoms with Crippen molar-refractivity contribution in [2.45, 2.75) is 11.9 Å². The quantitative estimate of drug-likeness (QED) is 0.899. The first-order valence-electron chi connectivity index (χ1n) is 4.73. The third-order valence-electron chi connectivity index (χ3n) is 2.23. The minimum Gasteiger partial charge on any atom is -0.223 e. The first-order valence-corrected chi connectivity index (χ1v) is 6.65. The molecular formula is C10H10ClN3O2S. The minimum absolute atomic E-state index is 0.0942. The number of sulfonamides is 1. The third kappa shape index (κ3) is 2.33. The van der Waals surface area contributed by atoms with Gasteiger partial charge < -0.3 is 0 Å². The van der Waals surface area contributed by atoms with Crippen LogP contribution < -0.4 is 5.14 Å². The molecule has 0 aliphatic rings. The standard InChI is InChI=1S/C10H10ClN3O2S/c1-7-2-3-9(8(11)6-7)14-10(4-5-13-14)17(12,15)16/h2-6H,1H3,(H2,12,15,16). The highest BCUT2D eigenvalue weighted by Crippen LogP contribution is 2.23. The molecule has 0 atom stereocenters. The van der Waals surface area contributed by atoms with E-state index in [0.717, 1.165) is 5.56 Å². The van der Waals surface area contributed by atoms with Gasteiger partial charge in [0.05, 0.1) is 16.9 Å². The molecular weight excluding hydrogens is 262 g/mol. The molecule has 0 saturated heterocycles. The lowest BCUT2D eigenvalue weighted by molar-refractivity contribution is 0.587. The van der Waals surface area contributed by atoms with Gasteiger partial charge in [-0.25, -0.2) is 18.2 Å². The van der Waals surface area contributed by atoms with Crippen LogP contribution in [-0.2, 0) is 10.0 Å². The summed E-state index contributed by atoms with van der Waals surface area (Å²) < 4.78 is 23.9. The second-order valence-electron chi connectivity index (χ2n) is 3.58. The van der Waals surface area contributed by atoms with Crippen molar-refractivity contribution in [2.24, 2.45) is 5.14 Å². The number of aromatic nitrogens is 2. The Morgan fingerprint density at radius 1 is 1.35 bits per heavy atom. The number of hydrogen-bond acceptors (Lipinski definition) is 3. The molecule has 0 unspecified atom stereocenters. The Bertz CT molecular complexity index is 664. The number of halogens is 1. The summed E-state index contributed by atoms with van der Waals surface area (Å²) in [6.45, 7) is 1.89. The summed E-state index contributed by atoms with van der Waals surface area (Å²) in [5.74, 6) is 0. The number of primary sulfonamides is 1. The van der Waals surface area contributed by atoms with Crippen molar-refractivity contribution in [3.05, 3.63) is 41.0 Å². The van der Waals surface area contributed by atoms with Gasteiger partial charge in [-0.05, 0) is 30.7 Å². The smallest absolute Gasteiger partial charge is 0.223 e. The number of nitrogens with zero attached hydrogens (tertiary/aromatic N) is 2. The highest BCUT2D eigenvalue weighted by molar-refractivity contribution is 7.89. The van der Waals surface area contributed by atoms with E-state index in [-0.39, 0.29) is 5.03 Å². The second-order valence-corrected chi connectivity index (χ2v) is 5.50. The Labute approximate surface area is 104 Å². The van der Waals surface area contributed by atoms with Gasteiger partial charge in [0, 0.05) is 0 Å². The van der Waals surface area contributed by atoms with Crippen LogP contribution in [0.1, 0.15) is 5.56 Å². The lowest BCUT2D eigenvalue weighted by Gasteiger charge is -2.08. The predicted octanol–water partition coefficient (Wildman–Crippen LogP) is 1.48. The Kier molecular flexibility index (Phi) is 2.94. The van der Waals surface area contributed by atoms with Crippen LogP contribution in [0.5, 0.6) is 0 Å². The minimum atomic E-state index is -3.82. The Balaban J connectivity index is 2.66. The SMILES string of the molecule is Cc1ccc(-n2nccc2S(N)(=O)=O)c(Cl)c1. The molecule has 0 radical (unpaired) electrons. The van der Waals surface area contributed by atoms with E-state index in [4.69, 9.17) is 16.7 Å². The van der Waals surface area contributed by atoms with E-state index in [2.05, 4.69) is 5.10 Å². The predicted molar refractivity (Wildman–Crippen MR) is 64.7 cm³/mol.